The van der Waals surface area contributed by atoms with Crippen LogP contribution in [0.15, 0.2) is 12.2 Å². The molecule has 3 saturated heterocycles. The van der Waals surface area contributed by atoms with Crippen molar-refractivity contribution in [1.82, 2.24) is 0 Å². The van der Waals surface area contributed by atoms with Gasteiger partial charge in [0.15, 0.2) is 12.6 Å². The van der Waals surface area contributed by atoms with E-state index in [9.17, 15) is 40.9 Å². The Morgan fingerprint density at radius 3 is 2.13 bits per heavy atom. The first kappa shape index (κ1) is 41.0. The van der Waals surface area contributed by atoms with Crippen LogP contribution in [0.4, 0.5) is 0 Å². The van der Waals surface area contributed by atoms with Gasteiger partial charge >= 0.3 is 0 Å². The smallest absolute Gasteiger partial charge is 0.187 e. The third kappa shape index (κ3) is 5.44. The first-order chi connectivity index (χ1) is 25.7. The summed E-state index contributed by atoms with van der Waals surface area (Å²) >= 11 is 0. The van der Waals surface area contributed by atoms with E-state index in [-0.39, 0.29) is 51.4 Å². The van der Waals surface area contributed by atoms with E-state index in [1.807, 2.05) is 6.92 Å². The van der Waals surface area contributed by atoms with Gasteiger partial charge in [0.2, 0.25) is 0 Å². The molecule has 8 rings (SSSR count). The van der Waals surface area contributed by atoms with Crippen LogP contribution in [0.5, 0.6) is 0 Å². The molecule has 1 spiro atoms. The molecule has 314 valence electrons. The molecule has 7 fully saturated rings. The van der Waals surface area contributed by atoms with Crippen LogP contribution in [-0.4, -0.2) is 140 Å². The van der Waals surface area contributed by atoms with Crippen LogP contribution in [0.3, 0.4) is 0 Å². The van der Waals surface area contributed by atoms with Crippen LogP contribution < -0.4 is 0 Å². The van der Waals surface area contributed by atoms with Gasteiger partial charge in [-0.3, -0.25) is 0 Å². The molecule has 3 aliphatic heterocycles. The summed E-state index contributed by atoms with van der Waals surface area (Å²) < 4.78 is 31.2. The lowest BCUT2D eigenvalue weighted by Gasteiger charge is -2.73. The molecule has 5 aliphatic carbocycles. The van der Waals surface area contributed by atoms with Gasteiger partial charge in [-0.2, -0.15) is 0 Å². The van der Waals surface area contributed by atoms with Crippen LogP contribution >= 0.6 is 0 Å². The minimum absolute atomic E-state index is 0.0158. The number of aliphatic hydroxyl groups is 8. The summed E-state index contributed by atoms with van der Waals surface area (Å²) in [5, 5.41) is 87.5. The maximum Gasteiger partial charge on any atom is 0.187 e. The van der Waals surface area contributed by atoms with E-state index in [1.165, 1.54) is 6.92 Å². The first-order valence-electron chi connectivity index (χ1n) is 20.9. The zero-order chi connectivity index (χ0) is 39.9. The highest BCUT2D eigenvalue weighted by molar-refractivity contribution is 5.36. The van der Waals surface area contributed by atoms with Crippen molar-refractivity contribution in [2.24, 2.45) is 50.2 Å². The molecule has 0 aromatic carbocycles. The Kier molecular flexibility index (Phi) is 9.95. The monoisotopic (exact) mass is 780 g/mol. The molecule has 8 unspecified atom stereocenters. The van der Waals surface area contributed by atoms with Gasteiger partial charge in [-0.15, -0.1) is 0 Å². The van der Waals surface area contributed by atoms with E-state index in [4.69, 9.17) is 23.7 Å². The quantitative estimate of drug-likeness (QED) is 0.143. The number of ether oxygens (including phenoxy) is 5. The summed E-state index contributed by atoms with van der Waals surface area (Å²) in [4.78, 5) is 0. The van der Waals surface area contributed by atoms with E-state index < -0.39 is 91.2 Å². The lowest BCUT2D eigenvalue weighted by Crippen LogP contribution is -2.72. The molecular weight excluding hydrogens is 712 g/mol. The van der Waals surface area contributed by atoms with Crippen LogP contribution in [0, 0.1) is 50.2 Å². The van der Waals surface area contributed by atoms with Crippen LogP contribution in [-0.2, 0) is 23.7 Å². The molecule has 0 radical (unpaired) electrons. The van der Waals surface area contributed by atoms with Crippen molar-refractivity contribution in [3.8, 4) is 0 Å². The fourth-order valence-electron chi connectivity index (χ4n) is 14.3. The molecule has 8 N–H and O–H groups in total. The van der Waals surface area contributed by atoms with E-state index in [0.29, 0.717) is 19.4 Å². The Balaban J connectivity index is 1.06. The fourth-order valence-corrected chi connectivity index (χ4v) is 14.3. The molecule has 4 saturated carbocycles. The maximum absolute atomic E-state index is 12.1. The van der Waals surface area contributed by atoms with Gasteiger partial charge in [-0.05, 0) is 86.4 Å². The fraction of sp³-hybridized carbons (Fsp3) is 0.952. The molecular formula is C42H68O13. The van der Waals surface area contributed by atoms with Crippen molar-refractivity contribution in [1.29, 1.82) is 0 Å². The number of hydrogen-bond acceptors (Lipinski definition) is 13. The molecule has 0 aromatic heterocycles. The number of allylic oxidation sites excluding steroid dienone is 1. The van der Waals surface area contributed by atoms with Gasteiger partial charge in [0.1, 0.15) is 42.7 Å². The number of fused-ring (bicyclic) bond motifs is 4. The van der Waals surface area contributed by atoms with Crippen LogP contribution in [0.25, 0.3) is 0 Å². The molecule has 55 heavy (non-hydrogen) atoms. The Labute approximate surface area is 325 Å². The van der Waals surface area contributed by atoms with Gasteiger partial charge in [-0.1, -0.05) is 53.7 Å². The summed E-state index contributed by atoms with van der Waals surface area (Å²) in [5.74, 6) is 0.401. The van der Waals surface area contributed by atoms with Gasteiger partial charge in [0.05, 0.1) is 43.7 Å². The summed E-state index contributed by atoms with van der Waals surface area (Å²) in [7, 11) is 0. The number of hydrogen-bond donors (Lipinski definition) is 8. The van der Waals surface area contributed by atoms with Crippen molar-refractivity contribution < 1.29 is 64.5 Å². The maximum atomic E-state index is 12.1. The normalized spacial score (nSPS) is 59.7. The van der Waals surface area contributed by atoms with Crippen molar-refractivity contribution in [3.05, 3.63) is 12.2 Å². The van der Waals surface area contributed by atoms with Gasteiger partial charge in [0, 0.05) is 22.2 Å². The average Bonchev–Trinajstić information content (AvgIpc) is 3.41. The van der Waals surface area contributed by atoms with Crippen molar-refractivity contribution >= 4 is 0 Å². The van der Waals surface area contributed by atoms with Crippen LogP contribution in [0.2, 0.25) is 0 Å². The molecule has 0 aromatic rings. The minimum atomic E-state index is -1.67. The third-order valence-electron chi connectivity index (χ3n) is 17.9. The molecule has 8 aliphatic rings. The second-order valence-corrected chi connectivity index (χ2v) is 21.0. The summed E-state index contributed by atoms with van der Waals surface area (Å²) in [6.45, 7) is 15.2. The van der Waals surface area contributed by atoms with E-state index >= 15 is 0 Å². The Morgan fingerprint density at radius 2 is 1.44 bits per heavy atom. The second-order valence-electron chi connectivity index (χ2n) is 21.0. The first-order valence-corrected chi connectivity index (χ1v) is 20.9. The highest BCUT2D eigenvalue weighted by atomic mass is 16.7. The number of aliphatic hydroxyl groups excluding tert-OH is 8. The molecule has 3 heterocycles. The van der Waals surface area contributed by atoms with Crippen LogP contribution in [0.1, 0.15) is 99.8 Å². The summed E-state index contributed by atoms with van der Waals surface area (Å²) in [6, 6.07) is 0. The highest BCUT2D eigenvalue weighted by Gasteiger charge is 2.79. The average molecular weight is 781 g/mol. The lowest BCUT2D eigenvalue weighted by molar-refractivity contribution is -0.368. The lowest BCUT2D eigenvalue weighted by atomic mass is 9.32. The van der Waals surface area contributed by atoms with Gasteiger partial charge in [-0.25, -0.2) is 0 Å². The minimum Gasteiger partial charge on any atom is -0.396 e. The van der Waals surface area contributed by atoms with Gasteiger partial charge < -0.3 is 64.5 Å². The molecule has 21 atom stereocenters. The predicted octanol–water partition coefficient (Wildman–Crippen LogP) is 1.78. The van der Waals surface area contributed by atoms with Crippen molar-refractivity contribution in [2.45, 2.75) is 179 Å². The molecule has 13 nitrogen and oxygen atoms in total. The highest BCUT2D eigenvalue weighted by Crippen LogP contribution is 2.79. The van der Waals surface area contributed by atoms with E-state index in [1.54, 1.807) is 0 Å². The Morgan fingerprint density at radius 1 is 0.727 bits per heavy atom. The third-order valence-corrected chi connectivity index (χ3v) is 17.9. The Bertz CT molecular complexity index is 1490. The zero-order valence-electron chi connectivity index (χ0n) is 33.7. The molecule has 13 heteroatoms. The topological polar surface area (TPSA) is 208 Å². The molecule has 2 bridgehead atoms. The second kappa shape index (κ2) is 13.4. The largest absolute Gasteiger partial charge is 0.396 e. The SMILES string of the molecule is C[C@H]1O[C@@H](O[C@H]2[C@@H](O)[C@@H](CO)O[C@@H](O[C@H]3CCC4(C)C5C=CC67OCC8(CCC(C)(C)CC86)[C@@H](O)CC7(C)C5(C)CCC4[C@]3(C)CO)[C@@H]2O)[C@H](O)[C@@H](O)[C@@H]1O. The summed E-state index contributed by atoms with van der Waals surface area (Å²) in [5.41, 5.74) is -2.00. The van der Waals surface area contributed by atoms with E-state index in [0.717, 1.165) is 38.5 Å². The number of rotatable bonds is 6. The Hall–Kier alpha value is -0.780. The van der Waals surface area contributed by atoms with E-state index in [2.05, 4.69) is 46.8 Å². The van der Waals surface area contributed by atoms with Crippen molar-refractivity contribution in [3.63, 3.8) is 0 Å². The predicted molar refractivity (Wildman–Crippen MR) is 197 cm³/mol. The standard InChI is InChI=1S/C42H68O13/c1-21-28(46)30(48)31(49)34(52-21)55-33-29(47)22(18-43)53-35(32(33)50)54-27-10-11-37(4)23(38(27,5)19-44)8-12-39(6)24(37)9-13-42-25-16-36(2,3)14-15-41(25,20-51-42)26(45)17-40(39,42)7/h9,13,21-35,43-50H,8,10-12,14-20H2,1-7H3/t21-,22-,23?,24?,25?,26+,27+,28-,29+,30+,31-,32-,33+,34+,35+,37?,38+,39?,40?,41?,42?/m1/s1. The van der Waals surface area contributed by atoms with Gasteiger partial charge in [0.25, 0.3) is 0 Å². The zero-order valence-corrected chi connectivity index (χ0v) is 33.7. The molecule has 0 amide bonds. The van der Waals surface area contributed by atoms with Crippen molar-refractivity contribution in [2.75, 3.05) is 19.8 Å². The summed E-state index contributed by atoms with van der Waals surface area (Å²) in [6.07, 6.45) is -3.55.